The Labute approximate surface area is 178 Å². The van der Waals surface area contributed by atoms with E-state index in [-0.39, 0.29) is 24.3 Å². The zero-order valence-electron chi connectivity index (χ0n) is 16.2. The molecule has 0 bridgehead atoms. The lowest BCUT2D eigenvalue weighted by Crippen LogP contribution is -2.41. The number of aryl methyl sites for hydroxylation is 1. The van der Waals surface area contributed by atoms with Gasteiger partial charge in [0, 0.05) is 12.1 Å². The molecule has 0 fully saturated rings. The van der Waals surface area contributed by atoms with Crippen molar-refractivity contribution in [3.8, 4) is 16.3 Å². The van der Waals surface area contributed by atoms with Gasteiger partial charge in [-0.05, 0) is 44.0 Å². The molecule has 0 saturated heterocycles. The zero-order chi connectivity index (χ0) is 23.2. The Hall–Kier alpha value is -3.35. The molecule has 31 heavy (non-hydrogen) atoms. The lowest BCUT2D eigenvalue weighted by atomic mass is 10.1. The summed E-state index contributed by atoms with van der Waals surface area (Å²) in [5, 5.41) is 14.4. The number of amides is 3. The third kappa shape index (κ3) is 7.44. The number of halogens is 3. The second-order valence-corrected chi connectivity index (χ2v) is 7.30. The number of urea groups is 1. The van der Waals surface area contributed by atoms with E-state index in [0.29, 0.717) is 16.3 Å². The van der Waals surface area contributed by atoms with E-state index in [1.54, 1.807) is 6.92 Å². The minimum absolute atomic E-state index is 0.0622. The average Bonchev–Trinajstić information content (AvgIpc) is 3.04. The number of nitrogens with zero attached hydrogens (tertiary/aromatic N) is 1. The summed E-state index contributed by atoms with van der Waals surface area (Å²) in [6, 6.07) is 3.06. The number of ether oxygens (including phenoxy) is 1. The number of benzene rings is 1. The molecule has 2 aromatic rings. The van der Waals surface area contributed by atoms with Crippen LogP contribution in [0.5, 0.6) is 5.75 Å². The smallest absolute Gasteiger partial charge is 0.480 e. The van der Waals surface area contributed by atoms with Crippen LogP contribution in [0.15, 0.2) is 24.3 Å². The van der Waals surface area contributed by atoms with Crippen molar-refractivity contribution in [2.24, 2.45) is 5.73 Å². The van der Waals surface area contributed by atoms with Crippen molar-refractivity contribution in [3.05, 3.63) is 34.8 Å². The highest BCUT2D eigenvalue weighted by atomic mass is 32.1. The molecule has 1 heterocycles. The Morgan fingerprint density at radius 2 is 1.90 bits per heavy atom. The van der Waals surface area contributed by atoms with Crippen molar-refractivity contribution in [1.29, 1.82) is 0 Å². The Morgan fingerprint density at radius 1 is 1.26 bits per heavy atom. The summed E-state index contributed by atoms with van der Waals surface area (Å²) in [6.45, 7) is 1.72. The van der Waals surface area contributed by atoms with Crippen molar-refractivity contribution in [2.45, 2.75) is 32.2 Å². The largest absolute Gasteiger partial charge is 0.573 e. The van der Waals surface area contributed by atoms with Crippen molar-refractivity contribution < 1.29 is 37.4 Å². The number of aliphatic carboxylic acids is 1. The molecular weight excluding hydrogens is 441 g/mol. The van der Waals surface area contributed by atoms with E-state index in [9.17, 15) is 32.7 Å². The standard InChI is InChI=1S/C18H19F3N4O5S/c1-9-13(14(26)25-12(16(27)28)3-2-8-23-17(22)29)31-15(24-9)10-4-6-11(7-5-10)30-18(19,20)21/h4-7,12H,2-3,8H2,1H3,(H,25,26)(H,27,28)(H3,22,23,29). The van der Waals surface area contributed by atoms with Gasteiger partial charge < -0.3 is 26.2 Å². The molecule has 0 aliphatic rings. The van der Waals surface area contributed by atoms with Crippen LogP contribution in [0.25, 0.3) is 10.6 Å². The Bertz CT molecular complexity index is 947. The number of hydrogen-bond acceptors (Lipinski definition) is 6. The van der Waals surface area contributed by atoms with Gasteiger partial charge in [0.2, 0.25) is 0 Å². The molecule has 0 spiro atoms. The van der Waals surface area contributed by atoms with E-state index in [1.165, 1.54) is 12.1 Å². The monoisotopic (exact) mass is 460 g/mol. The first kappa shape index (κ1) is 23.9. The molecule has 1 unspecified atom stereocenters. The van der Waals surface area contributed by atoms with Gasteiger partial charge in [-0.2, -0.15) is 0 Å². The van der Waals surface area contributed by atoms with Gasteiger partial charge in [0.25, 0.3) is 5.91 Å². The summed E-state index contributed by atoms with van der Waals surface area (Å²) < 4.78 is 40.6. The van der Waals surface area contributed by atoms with Crippen LogP contribution in [-0.4, -0.2) is 46.9 Å². The lowest BCUT2D eigenvalue weighted by molar-refractivity contribution is -0.274. The Kier molecular flexibility index (Phi) is 7.80. The lowest BCUT2D eigenvalue weighted by Gasteiger charge is -2.14. The average molecular weight is 460 g/mol. The van der Waals surface area contributed by atoms with Gasteiger partial charge in [0.1, 0.15) is 21.7 Å². The maximum Gasteiger partial charge on any atom is 0.573 e. The molecular formula is C18H19F3N4O5S. The first-order valence-electron chi connectivity index (χ1n) is 8.87. The molecule has 5 N–H and O–H groups in total. The minimum atomic E-state index is -4.80. The van der Waals surface area contributed by atoms with E-state index in [2.05, 4.69) is 20.4 Å². The van der Waals surface area contributed by atoms with Gasteiger partial charge in [0.05, 0.1) is 5.69 Å². The van der Waals surface area contributed by atoms with E-state index in [1.807, 2.05) is 0 Å². The first-order valence-corrected chi connectivity index (χ1v) is 9.68. The number of rotatable bonds is 9. The number of aromatic nitrogens is 1. The number of carbonyl (C=O) groups is 3. The minimum Gasteiger partial charge on any atom is -0.480 e. The van der Waals surface area contributed by atoms with Crippen molar-refractivity contribution in [1.82, 2.24) is 15.6 Å². The summed E-state index contributed by atoms with van der Waals surface area (Å²) >= 11 is 0.973. The summed E-state index contributed by atoms with van der Waals surface area (Å²) in [6.07, 6.45) is -4.46. The predicted molar refractivity (Wildman–Crippen MR) is 105 cm³/mol. The van der Waals surface area contributed by atoms with Crippen LogP contribution in [-0.2, 0) is 4.79 Å². The fourth-order valence-electron chi connectivity index (χ4n) is 2.53. The summed E-state index contributed by atoms with van der Waals surface area (Å²) in [4.78, 5) is 39.0. The van der Waals surface area contributed by atoms with Gasteiger partial charge in [-0.3, -0.25) is 4.79 Å². The molecule has 0 saturated carbocycles. The van der Waals surface area contributed by atoms with Gasteiger partial charge in [0.15, 0.2) is 0 Å². The molecule has 168 valence electrons. The number of carbonyl (C=O) groups excluding carboxylic acids is 2. The Balaban J connectivity index is 2.07. The van der Waals surface area contributed by atoms with E-state index >= 15 is 0 Å². The topological polar surface area (TPSA) is 144 Å². The second-order valence-electron chi connectivity index (χ2n) is 6.30. The van der Waals surface area contributed by atoms with Gasteiger partial charge >= 0.3 is 18.4 Å². The highest BCUT2D eigenvalue weighted by Crippen LogP contribution is 2.30. The van der Waals surface area contributed by atoms with E-state index in [0.717, 1.165) is 23.5 Å². The molecule has 0 radical (unpaired) electrons. The molecule has 13 heteroatoms. The van der Waals surface area contributed by atoms with Gasteiger partial charge in [-0.1, -0.05) is 0 Å². The zero-order valence-corrected chi connectivity index (χ0v) is 17.0. The van der Waals surface area contributed by atoms with Crippen LogP contribution >= 0.6 is 11.3 Å². The van der Waals surface area contributed by atoms with Crippen LogP contribution in [0.1, 0.15) is 28.2 Å². The van der Waals surface area contributed by atoms with Gasteiger partial charge in [-0.25, -0.2) is 14.6 Å². The van der Waals surface area contributed by atoms with Crippen molar-refractivity contribution in [3.63, 3.8) is 0 Å². The highest BCUT2D eigenvalue weighted by Gasteiger charge is 2.31. The predicted octanol–water partition coefficient (Wildman–Crippen LogP) is 2.65. The molecule has 1 aromatic heterocycles. The Morgan fingerprint density at radius 3 is 2.45 bits per heavy atom. The molecule has 1 atom stereocenters. The summed E-state index contributed by atoms with van der Waals surface area (Å²) in [5.74, 6) is -2.28. The second kappa shape index (κ2) is 10.1. The maximum absolute atomic E-state index is 12.5. The molecule has 3 amide bonds. The number of carboxylic acid groups (broad SMARTS) is 1. The fraction of sp³-hybridized carbons (Fsp3) is 0.333. The number of hydrogen-bond donors (Lipinski definition) is 4. The van der Waals surface area contributed by atoms with Crippen LogP contribution in [0.2, 0.25) is 0 Å². The third-order valence-corrected chi connectivity index (χ3v) is 5.12. The van der Waals surface area contributed by atoms with Crippen LogP contribution in [0, 0.1) is 6.92 Å². The SMILES string of the molecule is Cc1nc(-c2ccc(OC(F)(F)F)cc2)sc1C(=O)NC(CCCNC(N)=O)C(=O)O. The van der Waals surface area contributed by atoms with Crippen LogP contribution in [0.4, 0.5) is 18.0 Å². The summed E-state index contributed by atoms with van der Waals surface area (Å²) in [5.41, 5.74) is 5.74. The van der Waals surface area contributed by atoms with Gasteiger partial charge in [-0.15, -0.1) is 24.5 Å². The normalized spacial score (nSPS) is 12.1. The number of alkyl halides is 3. The maximum atomic E-state index is 12.5. The molecule has 0 aliphatic carbocycles. The molecule has 9 nitrogen and oxygen atoms in total. The van der Waals surface area contributed by atoms with Crippen molar-refractivity contribution >= 4 is 29.2 Å². The number of nitrogens with two attached hydrogens (primary N) is 1. The molecule has 1 aromatic carbocycles. The third-order valence-electron chi connectivity index (χ3n) is 3.91. The number of thiazole rings is 1. The number of nitrogens with one attached hydrogen (secondary N) is 2. The van der Waals surface area contributed by atoms with Crippen LogP contribution in [0.3, 0.4) is 0 Å². The van der Waals surface area contributed by atoms with Crippen molar-refractivity contribution in [2.75, 3.05) is 6.54 Å². The first-order chi connectivity index (χ1) is 14.5. The summed E-state index contributed by atoms with van der Waals surface area (Å²) in [7, 11) is 0. The highest BCUT2D eigenvalue weighted by molar-refractivity contribution is 7.17. The van der Waals surface area contributed by atoms with E-state index in [4.69, 9.17) is 5.73 Å². The quantitative estimate of drug-likeness (QED) is 0.424. The number of primary amides is 1. The molecule has 2 rings (SSSR count). The van der Waals surface area contributed by atoms with Crippen LogP contribution < -0.4 is 21.1 Å². The van der Waals surface area contributed by atoms with E-state index < -0.39 is 36.1 Å². The number of carboxylic acids is 1. The fourth-order valence-corrected chi connectivity index (χ4v) is 3.50. The molecule has 0 aliphatic heterocycles.